The van der Waals surface area contributed by atoms with E-state index in [2.05, 4.69) is 4.90 Å². The van der Waals surface area contributed by atoms with E-state index >= 15 is 0 Å². The molecule has 0 aliphatic carbocycles. The molecule has 1 aliphatic rings. The van der Waals surface area contributed by atoms with Gasteiger partial charge in [0.15, 0.2) is 5.13 Å². The van der Waals surface area contributed by atoms with Crippen LogP contribution in [0, 0.1) is 0 Å². The van der Waals surface area contributed by atoms with Crippen molar-refractivity contribution in [1.29, 1.82) is 0 Å². The number of rotatable bonds is 8. The lowest BCUT2D eigenvalue weighted by molar-refractivity contribution is -0.123. The van der Waals surface area contributed by atoms with E-state index in [-0.39, 0.29) is 10.1 Å². The summed E-state index contributed by atoms with van der Waals surface area (Å²) in [6.45, 7) is 1.61. The first-order valence-corrected chi connectivity index (χ1v) is 14.3. The van der Waals surface area contributed by atoms with Crippen molar-refractivity contribution in [3.05, 3.63) is 40.7 Å². The number of benzene rings is 1. The molecule has 3 aromatic rings. The predicted molar refractivity (Wildman–Crippen MR) is 136 cm³/mol. The SMILES string of the molecule is CN(C)CCCN(C(=O)C1CCCCN1S(=O)(=O)c1ccc(Cl)s1)c1nc2ccccc2s1. The van der Waals surface area contributed by atoms with E-state index in [0.29, 0.717) is 29.0 Å². The minimum absolute atomic E-state index is 0.173. The zero-order valence-corrected chi connectivity index (χ0v) is 21.8. The van der Waals surface area contributed by atoms with Crippen LogP contribution in [0.2, 0.25) is 4.34 Å². The number of nitrogens with zero attached hydrogens (tertiary/aromatic N) is 4. The summed E-state index contributed by atoms with van der Waals surface area (Å²) in [4.78, 5) is 22.4. The van der Waals surface area contributed by atoms with Gasteiger partial charge in [-0.15, -0.1) is 11.3 Å². The van der Waals surface area contributed by atoms with Crippen LogP contribution >= 0.6 is 34.3 Å². The maximum Gasteiger partial charge on any atom is 0.253 e. The van der Waals surface area contributed by atoms with Gasteiger partial charge in [-0.3, -0.25) is 9.69 Å². The summed E-state index contributed by atoms with van der Waals surface area (Å²) >= 11 is 8.49. The number of halogens is 1. The Bertz CT molecular complexity index is 1190. The molecular formula is C22H27ClN4O3S3. The fraction of sp³-hybridized carbons (Fsp3) is 0.455. The Morgan fingerprint density at radius 2 is 1.94 bits per heavy atom. The van der Waals surface area contributed by atoms with Crippen LogP contribution < -0.4 is 4.90 Å². The molecule has 11 heteroatoms. The highest BCUT2D eigenvalue weighted by Gasteiger charge is 2.40. The molecule has 1 atom stereocenters. The minimum atomic E-state index is -3.81. The molecule has 0 radical (unpaired) electrons. The molecule has 1 saturated heterocycles. The molecule has 2 aromatic heterocycles. The first-order chi connectivity index (χ1) is 15.8. The predicted octanol–water partition coefficient (Wildman–Crippen LogP) is 4.54. The largest absolute Gasteiger partial charge is 0.309 e. The number of hydrogen-bond acceptors (Lipinski definition) is 7. The summed E-state index contributed by atoms with van der Waals surface area (Å²) in [5, 5.41) is 0.613. The Labute approximate surface area is 207 Å². The molecule has 178 valence electrons. The van der Waals surface area contributed by atoms with E-state index in [0.717, 1.165) is 47.4 Å². The summed E-state index contributed by atoms with van der Waals surface area (Å²) in [5.41, 5.74) is 0.837. The van der Waals surface area contributed by atoms with Crippen LogP contribution in [0.25, 0.3) is 10.2 Å². The minimum Gasteiger partial charge on any atom is -0.309 e. The fourth-order valence-electron chi connectivity index (χ4n) is 3.99. The monoisotopic (exact) mass is 526 g/mol. The third kappa shape index (κ3) is 5.41. The van der Waals surface area contributed by atoms with Crippen molar-refractivity contribution < 1.29 is 13.2 Å². The first kappa shape index (κ1) is 24.6. The van der Waals surface area contributed by atoms with Gasteiger partial charge in [-0.2, -0.15) is 4.31 Å². The van der Waals surface area contributed by atoms with Crippen molar-refractivity contribution >= 4 is 65.6 Å². The van der Waals surface area contributed by atoms with E-state index in [9.17, 15) is 13.2 Å². The van der Waals surface area contributed by atoms with E-state index in [1.807, 2.05) is 38.4 Å². The van der Waals surface area contributed by atoms with E-state index < -0.39 is 16.1 Å². The van der Waals surface area contributed by atoms with Gasteiger partial charge < -0.3 is 4.90 Å². The van der Waals surface area contributed by atoms with E-state index in [4.69, 9.17) is 16.6 Å². The topological polar surface area (TPSA) is 73.8 Å². The number of aromatic nitrogens is 1. The van der Waals surface area contributed by atoms with Gasteiger partial charge in [0, 0.05) is 13.1 Å². The zero-order chi connectivity index (χ0) is 23.6. The zero-order valence-electron chi connectivity index (χ0n) is 18.6. The normalized spacial score (nSPS) is 17.6. The molecule has 0 saturated carbocycles. The van der Waals surface area contributed by atoms with Gasteiger partial charge in [0.1, 0.15) is 10.3 Å². The number of anilines is 1. The second kappa shape index (κ2) is 10.4. The number of amides is 1. The van der Waals surface area contributed by atoms with Crippen molar-refractivity contribution in [1.82, 2.24) is 14.2 Å². The van der Waals surface area contributed by atoms with Gasteiger partial charge in [-0.1, -0.05) is 41.5 Å². The number of hydrogen-bond donors (Lipinski definition) is 0. The molecule has 1 aromatic carbocycles. The summed E-state index contributed by atoms with van der Waals surface area (Å²) in [6.07, 6.45) is 2.78. The van der Waals surface area contributed by atoms with E-state index in [1.54, 1.807) is 11.0 Å². The summed E-state index contributed by atoms with van der Waals surface area (Å²) in [7, 11) is 0.168. The first-order valence-electron chi connectivity index (χ1n) is 10.9. The van der Waals surface area contributed by atoms with Crippen LogP contribution in [0.1, 0.15) is 25.7 Å². The number of carbonyl (C=O) groups excluding carboxylic acids is 1. The van der Waals surface area contributed by atoms with Crippen LogP contribution in [0.3, 0.4) is 0 Å². The number of fused-ring (bicyclic) bond motifs is 1. The molecule has 0 bridgehead atoms. The molecule has 1 fully saturated rings. The highest BCUT2D eigenvalue weighted by molar-refractivity contribution is 7.91. The van der Waals surface area contributed by atoms with Gasteiger partial charge in [0.2, 0.25) is 5.91 Å². The molecule has 0 spiro atoms. The molecule has 7 nitrogen and oxygen atoms in total. The Morgan fingerprint density at radius 3 is 2.64 bits per heavy atom. The maximum absolute atomic E-state index is 13.9. The lowest BCUT2D eigenvalue weighted by Crippen LogP contribution is -2.53. The average molecular weight is 527 g/mol. The number of sulfonamides is 1. The second-order valence-corrected chi connectivity index (χ2v) is 13.1. The van der Waals surface area contributed by atoms with Crippen molar-refractivity contribution in [2.75, 3.05) is 38.6 Å². The second-order valence-electron chi connectivity index (χ2n) is 8.30. The number of thiazole rings is 1. The Morgan fingerprint density at radius 1 is 1.15 bits per heavy atom. The van der Waals surface area contributed by atoms with Crippen LogP contribution in [-0.2, 0) is 14.8 Å². The van der Waals surface area contributed by atoms with Crippen LogP contribution in [-0.4, -0.2) is 68.3 Å². The van der Waals surface area contributed by atoms with Crippen molar-refractivity contribution in [2.24, 2.45) is 0 Å². The lowest BCUT2D eigenvalue weighted by Gasteiger charge is -2.36. The highest BCUT2D eigenvalue weighted by atomic mass is 35.5. The quantitative estimate of drug-likeness (QED) is 0.431. The van der Waals surface area contributed by atoms with Gasteiger partial charge in [0.25, 0.3) is 10.0 Å². The Balaban J connectivity index is 1.66. The summed E-state index contributed by atoms with van der Waals surface area (Å²) < 4.78 is 29.8. The van der Waals surface area contributed by atoms with Gasteiger partial charge in [-0.05, 0) is 64.2 Å². The third-order valence-corrected chi connectivity index (χ3v) is 10.3. The van der Waals surface area contributed by atoms with Crippen LogP contribution in [0.5, 0.6) is 0 Å². The van der Waals surface area contributed by atoms with Gasteiger partial charge in [-0.25, -0.2) is 13.4 Å². The highest BCUT2D eigenvalue weighted by Crippen LogP contribution is 2.34. The molecule has 1 amide bonds. The standard InChI is InChI=1S/C22H27ClN4O3S3/c1-25(2)13-7-14-26(22-24-16-8-3-4-10-18(16)31-22)21(28)17-9-5-6-15-27(17)33(29,30)20-12-11-19(23)32-20/h3-4,8,10-12,17H,5-7,9,13-15H2,1-2H3. The van der Waals surface area contributed by atoms with Gasteiger partial charge >= 0.3 is 0 Å². The fourth-order valence-corrected chi connectivity index (χ4v) is 8.25. The molecule has 3 heterocycles. The maximum atomic E-state index is 13.9. The molecule has 1 unspecified atom stereocenters. The van der Waals surface area contributed by atoms with Crippen molar-refractivity contribution in [3.63, 3.8) is 0 Å². The lowest BCUT2D eigenvalue weighted by atomic mass is 10.0. The number of thiophene rings is 1. The number of para-hydroxylation sites is 1. The smallest absolute Gasteiger partial charge is 0.253 e. The summed E-state index contributed by atoms with van der Waals surface area (Å²) in [5.74, 6) is -0.209. The molecule has 1 aliphatic heterocycles. The van der Waals surface area contributed by atoms with Crippen LogP contribution in [0.4, 0.5) is 5.13 Å². The molecule has 4 rings (SSSR count). The number of carbonyl (C=O) groups is 1. The third-order valence-electron chi connectivity index (χ3n) is 5.62. The molecule has 0 N–H and O–H groups in total. The Hall–Kier alpha value is -1.56. The van der Waals surface area contributed by atoms with E-state index in [1.165, 1.54) is 21.7 Å². The number of piperidine rings is 1. The average Bonchev–Trinajstić information content (AvgIpc) is 3.42. The van der Waals surface area contributed by atoms with Gasteiger partial charge in [0.05, 0.1) is 14.6 Å². The van der Waals surface area contributed by atoms with Crippen molar-refractivity contribution in [3.8, 4) is 0 Å². The van der Waals surface area contributed by atoms with Crippen LogP contribution in [0.15, 0.2) is 40.6 Å². The van der Waals surface area contributed by atoms with Crippen molar-refractivity contribution in [2.45, 2.75) is 35.9 Å². The molecular weight excluding hydrogens is 500 g/mol. The summed E-state index contributed by atoms with van der Waals surface area (Å²) in [6, 6.07) is 10.1. The molecule has 33 heavy (non-hydrogen) atoms. The Kier molecular flexibility index (Phi) is 7.72.